The molecule has 0 saturated carbocycles. The van der Waals surface area contributed by atoms with Crippen molar-refractivity contribution in [1.29, 1.82) is 0 Å². The van der Waals surface area contributed by atoms with Crippen molar-refractivity contribution in [3.63, 3.8) is 0 Å². The number of nitrogens with one attached hydrogen (secondary N) is 2. The van der Waals surface area contributed by atoms with Gasteiger partial charge in [-0.05, 0) is 12.8 Å². The number of aliphatic carboxylic acids is 2. The van der Waals surface area contributed by atoms with E-state index < -0.39 is 54.4 Å². The van der Waals surface area contributed by atoms with E-state index in [1.807, 2.05) is 0 Å². The maximum Gasteiger partial charge on any atom is 0.328 e. The summed E-state index contributed by atoms with van der Waals surface area (Å²) >= 11 is 0. The van der Waals surface area contributed by atoms with Gasteiger partial charge in [0.05, 0.1) is 18.6 Å². The number of carbonyl (C=O) groups is 4. The van der Waals surface area contributed by atoms with Crippen molar-refractivity contribution in [3.05, 3.63) is 0 Å². The lowest BCUT2D eigenvalue weighted by molar-refractivity contribution is -0.145. The number of carboxylic acid groups (broad SMARTS) is 2. The Morgan fingerprint density at radius 2 is 1.50 bits per heavy atom. The van der Waals surface area contributed by atoms with E-state index in [1.54, 1.807) is 13.8 Å². The molecule has 7 N–H and O–H groups in total. The molecule has 0 unspecified atom stereocenters. The largest absolute Gasteiger partial charge is 0.481 e. The van der Waals surface area contributed by atoms with Gasteiger partial charge >= 0.3 is 11.9 Å². The first-order valence-corrected chi connectivity index (χ1v) is 7.50. The number of aliphatic hydroxyl groups excluding tert-OH is 1. The molecule has 24 heavy (non-hydrogen) atoms. The number of hydrogen-bond donors (Lipinski definition) is 6. The lowest BCUT2D eigenvalue weighted by atomic mass is 9.97. The summed E-state index contributed by atoms with van der Waals surface area (Å²) in [6.45, 7) is 4.63. The molecule has 0 radical (unpaired) electrons. The molecule has 0 saturated heterocycles. The molecule has 10 heteroatoms. The summed E-state index contributed by atoms with van der Waals surface area (Å²) in [6.07, 6.45) is -1.46. The number of carboxylic acids is 2. The molecule has 0 rings (SSSR count). The van der Waals surface area contributed by atoms with Gasteiger partial charge in [0.1, 0.15) is 6.04 Å². The first-order chi connectivity index (χ1) is 11.0. The number of hydrogen-bond acceptors (Lipinski definition) is 6. The first-order valence-electron chi connectivity index (χ1n) is 7.50. The van der Waals surface area contributed by atoms with Gasteiger partial charge in [-0.25, -0.2) is 4.79 Å². The molecule has 10 nitrogen and oxygen atoms in total. The number of aliphatic hydroxyl groups is 1. The topological polar surface area (TPSA) is 179 Å². The molecule has 0 bridgehead atoms. The number of amides is 2. The lowest BCUT2D eigenvalue weighted by Gasteiger charge is -2.27. The summed E-state index contributed by atoms with van der Waals surface area (Å²) in [5.41, 5.74) is 5.45. The molecule has 0 aliphatic heterocycles. The van der Waals surface area contributed by atoms with E-state index in [1.165, 1.54) is 6.92 Å². The van der Waals surface area contributed by atoms with Gasteiger partial charge in [-0.2, -0.15) is 0 Å². The van der Waals surface area contributed by atoms with Crippen molar-refractivity contribution >= 4 is 23.8 Å². The van der Waals surface area contributed by atoms with Crippen LogP contribution in [0.5, 0.6) is 0 Å². The van der Waals surface area contributed by atoms with Crippen molar-refractivity contribution in [1.82, 2.24) is 10.6 Å². The zero-order valence-corrected chi connectivity index (χ0v) is 13.9. The van der Waals surface area contributed by atoms with Crippen LogP contribution in [0.1, 0.15) is 33.6 Å². The maximum absolute atomic E-state index is 12.3. The second-order valence-electron chi connectivity index (χ2n) is 5.64. The van der Waals surface area contributed by atoms with Crippen LogP contribution in [0, 0.1) is 5.92 Å². The van der Waals surface area contributed by atoms with Crippen LogP contribution >= 0.6 is 0 Å². The lowest BCUT2D eigenvalue weighted by Crippen LogP contribution is -2.58. The van der Waals surface area contributed by atoms with Crippen LogP contribution in [0.2, 0.25) is 0 Å². The van der Waals surface area contributed by atoms with Crippen LogP contribution in [0.25, 0.3) is 0 Å². The zero-order valence-electron chi connectivity index (χ0n) is 13.9. The van der Waals surface area contributed by atoms with Gasteiger partial charge in [-0.15, -0.1) is 0 Å². The third-order valence-electron chi connectivity index (χ3n) is 3.57. The molecular weight excluding hydrogens is 322 g/mol. The van der Waals surface area contributed by atoms with Crippen molar-refractivity contribution in [3.8, 4) is 0 Å². The fourth-order valence-electron chi connectivity index (χ4n) is 1.87. The van der Waals surface area contributed by atoms with Crippen molar-refractivity contribution in [2.75, 3.05) is 0 Å². The normalized spacial score (nSPS) is 17.0. The summed E-state index contributed by atoms with van der Waals surface area (Å²) in [6, 6.07) is -3.98. The molecule has 5 atom stereocenters. The molecule has 0 aliphatic carbocycles. The molecule has 0 aromatic rings. The summed E-state index contributed by atoms with van der Waals surface area (Å²) in [7, 11) is 0. The first kappa shape index (κ1) is 21.8. The fraction of sp³-hybridized carbons (Fsp3) is 0.714. The molecule has 0 aromatic carbocycles. The van der Waals surface area contributed by atoms with E-state index >= 15 is 0 Å². The highest BCUT2D eigenvalue weighted by molar-refractivity contribution is 5.93. The Bertz CT molecular complexity index is 481. The summed E-state index contributed by atoms with van der Waals surface area (Å²) in [5, 5.41) is 31.5. The highest BCUT2D eigenvalue weighted by Crippen LogP contribution is 2.09. The SMILES string of the molecule is CC[C@H](C)[C@H](NC(=O)[C@@H](N)CC(=O)O)C(=O)N[C@H](C(=O)O)[C@@H](C)O. The van der Waals surface area contributed by atoms with Gasteiger partial charge in [0.15, 0.2) is 6.04 Å². The van der Waals surface area contributed by atoms with Crippen LogP contribution in [-0.2, 0) is 19.2 Å². The Labute approximate surface area is 139 Å². The molecule has 0 aliphatic rings. The Hall–Kier alpha value is -2.20. The smallest absolute Gasteiger partial charge is 0.328 e. The minimum atomic E-state index is -1.53. The summed E-state index contributed by atoms with van der Waals surface area (Å²) in [5.74, 6) is -4.68. The summed E-state index contributed by atoms with van der Waals surface area (Å²) < 4.78 is 0. The Balaban J connectivity index is 5.12. The quantitative estimate of drug-likeness (QED) is 0.270. The van der Waals surface area contributed by atoms with Gasteiger partial charge in [0.25, 0.3) is 0 Å². The van der Waals surface area contributed by atoms with E-state index in [2.05, 4.69) is 10.6 Å². The van der Waals surface area contributed by atoms with Crippen LogP contribution in [0.3, 0.4) is 0 Å². The molecule has 0 aromatic heterocycles. The minimum absolute atomic E-state index is 0.366. The average molecular weight is 347 g/mol. The molecular formula is C14H25N3O7. The van der Waals surface area contributed by atoms with E-state index in [9.17, 15) is 24.3 Å². The number of rotatable bonds is 10. The second-order valence-corrected chi connectivity index (χ2v) is 5.64. The van der Waals surface area contributed by atoms with E-state index in [0.29, 0.717) is 6.42 Å². The van der Waals surface area contributed by atoms with Crippen LogP contribution in [0.4, 0.5) is 0 Å². The van der Waals surface area contributed by atoms with Crippen molar-refractivity contribution in [2.45, 2.75) is 57.8 Å². The second kappa shape index (κ2) is 9.83. The minimum Gasteiger partial charge on any atom is -0.481 e. The van der Waals surface area contributed by atoms with Crippen LogP contribution in [0.15, 0.2) is 0 Å². The third kappa shape index (κ3) is 6.92. The van der Waals surface area contributed by atoms with E-state index in [-0.39, 0.29) is 5.92 Å². The molecule has 0 heterocycles. The highest BCUT2D eigenvalue weighted by atomic mass is 16.4. The predicted octanol–water partition coefficient (Wildman–Crippen LogP) is -1.73. The van der Waals surface area contributed by atoms with Gasteiger partial charge < -0.3 is 31.7 Å². The number of nitrogens with two attached hydrogens (primary N) is 1. The zero-order chi connectivity index (χ0) is 19.0. The van der Waals surface area contributed by atoms with Gasteiger partial charge in [0, 0.05) is 0 Å². The van der Waals surface area contributed by atoms with Crippen LogP contribution in [-0.4, -0.2) is 63.3 Å². The Morgan fingerprint density at radius 1 is 1.00 bits per heavy atom. The Morgan fingerprint density at radius 3 is 1.88 bits per heavy atom. The monoisotopic (exact) mass is 347 g/mol. The standard InChI is InChI=1S/C14H25N3O7/c1-4-6(2)10(16-12(21)8(15)5-9(19)20)13(22)17-11(7(3)18)14(23)24/h6-8,10-11,18H,4-5,15H2,1-3H3,(H,16,21)(H,17,22)(H,19,20)(H,23,24)/t6-,7+,8-,10-,11-/m0/s1. The van der Waals surface area contributed by atoms with E-state index in [4.69, 9.17) is 15.9 Å². The molecule has 0 spiro atoms. The molecule has 138 valence electrons. The summed E-state index contributed by atoms with van der Waals surface area (Å²) in [4.78, 5) is 45.8. The third-order valence-corrected chi connectivity index (χ3v) is 3.57. The van der Waals surface area contributed by atoms with Crippen molar-refractivity contribution < 1.29 is 34.5 Å². The van der Waals surface area contributed by atoms with E-state index in [0.717, 1.165) is 0 Å². The Kier molecular flexibility index (Phi) is 8.93. The van der Waals surface area contributed by atoms with Crippen LogP contribution < -0.4 is 16.4 Å². The van der Waals surface area contributed by atoms with Gasteiger partial charge in [-0.3, -0.25) is 14.4 Å². The van der Waals surface area contributed by atoms with Crippen molar-refractivity contribution in [2.24, 2.45) is 11.7 Å². The highest BCUT2D eigenvalue weighted by Gasteiger charge is 2.32. The average Bonchev–Trinajstić information content (AvgIpc) is 2.47. The number of carbonyl (C=O) groups excluding carboxylic acids is 2. The fourth-order valence-corrected chi connectivity index (χ4v) is 1.87. The molecule has 0 fully saturated rings. The van der Waals surface area contributed by atoms with Gasteiger partial charge in [0.2, 0.25) is 11.8 Å². The maximum atomic E-state index is 12.3. The van der Waals surface area contributed by atoms with Gasteiger partial charge in [-0.1, -0.05) is 20.3 Å². The predicted molar refractivity (Wildman–Crippen MR) is 82.9 cm³/mol. The molecule has 2 amide bonds.